The molecule has 0 spiro atoms. The number of halogens is 1. The molecule has 0 aliphatic carbocycles. The SMILES string of the molecule is O=[13C]1[13CH2]N=C(c2ccccc2Cl)c2cc([N+](=O)[O-])ccc2N1.[HH]. The van der Waals surface area contributed by atoms with Gasteiger partial charge in [0.1, 0.15) is 6.54 Å². The van der Waals surface area contributed by atoms with Gasteiger partial charge in [0.05, 0.1) is 16.3 Å². The summed E-state index contributed by atoms with van der Waals surface area (Å²) in [5.41, 5.74) is 1.97. The predicted molar refractivity (Wildman–Crippen MR) is 85.8 cm³/mol. The minimum Gasteiger partial charge on any atom is -0.324 e. The molecule has 0 radical (unpaired) electrons. The number of nitro groups is 1. The number of benzene rings is 2. The topological polar surface area (TPSA) is 84.6 Å². The summed E-state index contributed by atoms with van der Waals surface area (Å²) in [7, 11) is 0. The van der Waals surface area contributed by atoms with Crippen molar-refractivity contribution in [2.24, 2.45) is 4.99 Å². The maximum atomic E-state index is 11.7. The molecular formula is C15H12ClN3O3. The van der Waals surface area contributed by atoms with Gasteiger partial charge in [0.15, 0.2) is 0 Å². The summed E-state index contributed by atoms with van der Waals surface area (Å²) in [4.78, 5) is 26.5. The number of hydrogen-bond acceptors (Lipinski definition) is 4. The quantitative estimate of drug-likeness (QED) is 0.523. The standard InChI is InChI=1S/C15H10ClN3O3.H2/c16-12-4-2-1-3-10(12)15-11-7-9(19(21)22)5-6-13(11)18-14(20)8-17-15;/h1-7H,8H2,(H,18,20);1H/i8+1,14+1;. The summed E-state index contributed by atoms with van der Waals surface area (Å²) in [5.74, 6) is -0.280. The van der Waals surface area contributed by atoms with E-state index in [4.69, 9.17) is 11.6 Å². The minimum absolute atomic E-state index is 0. The monoisotopic (exact) mass is 319 g/mol. The molecule has 0 aromatic heterocycles. The summed E-state index contributed by atoms with van der Waals surface area (Å²) < 4.78 is 0. The number of aliphatic imine (C=N–C) groups is 1. The van der Waals surface area contributed by atoms with E-state index >= 15 is 0 Å². The third-order valence-corrected chi connectivity index (χ3v) is 3.58. The van der Waals surface area contributed by atoms with Crippen LogP contribution in [0.2, 0.25) is 5.02 Å². The average Bonchev–Trinajstić information content (AvgIpc) is 2.65. The Kier molecular flexibility index (Phi) is 3.60. The van der Waals surface area contributed by atoms with Crippen molar-refractivity contribution in [2.45, 2.75) is 0 Å². The molecule has 112 valence electrons. The second-order valence-electron chi connectivity index (χ2n) is 4.68. The lowest BCUT2D eigenvalue weighted by molar-refractivity contribution is -0.384. The predicted octanol–water partition coefficient (Wildman–Crippen LogP) is 3.28. The first kappa shape index (κ1) is 14.2. The van der Waals surface area contributed by atoms with Crippen molar-refractivity contribution in [3.8, 4) is 0 Å². The zero-order valence-electron chi connectivity index (χ0n) is 11.2. The van der Waals surface area contributed by atoms with E-state index in [2.05, 4.69) is 10.3 Å². The molecule has 22 heavy (non-hydrogen) atoms. The highest BCUT2D eigenvalue weighted by Crippen LogP contribution is 2.29. The molecule has 1 heterocycles. The molecule has 2 aromatic carbocycles. The Labute approximate surface area is 132 Å². The van der Waals surface area contributed by atoms with Crippen LogP contribution >= 0.6 is 11.6 Å². The summed E-state index contributed by atoms with van der Waals surface area (Å²) in [6, 6.07) is 11.3. The van der Waals surface area contributed by atoms with E-state index in [9.17, 15) is 14.9 Å². The highest BCUT2D eigenvalue weighted by Gasteiger charge is 2.22. The third-order valence-electron chi connectivity index (χ3n) is 3.25. The Bertz CT molecular complexity index is 823. The van der Waals surface area contributed by atoms with Gasteiger partial charge in [0.25, 0.3) is 5.69 Å². The number of nitrogens with one attached hydrogen (secondary N) is 1. The van der Waals surface area contributed by atoms with E-state index in [0.29, 0.717) is 27.5 Å². The summed E-state index contributed by atoms with van der Waals surface area (Å²) in [6.07, 6.45) is 0. The maximum Gasteiger partial charge on any atom is 0.270 e. The number of hydrogen-bond donors (Lipinski definition) is 1. The molecule has 0 unspecified atom stereocenters. The summed E-state index contributed by atoms with van der Waals surface area (Å²) in [6.45, 7) is -0.0664. The second-order valence-corrected chi connectivity index (χ2v) is 5.09. The number of nitrogens with zero attached hydrogens (tertiary/aromatic N) is 2. The second kappa shape index (κ2) is 5.57. The van der Waals surface area contributed by atoms with Crippen molar-refractivity contribution in [1.82, 2.24) is 0 Å². The van der Waals surface area contributed by atoms with E-state index in [1.165, 1.54) is 18.2 Å². The van der Waals surface area contributed by atoms with Crippen molar-refractivity contribution < 1.29 is 11.1 Å². The Balaban J connectivity index is 0.00000192. The van der Waals surface area contributed by atoms with Crippen LogP contribution in [0.1, 0.15) is 12.6 Å². The molecule has 7 heteroatoms. The maximum absolute atomic E-state index is 11.7. The number of fused-ring (bicyclic) bond motifs is 1. The van der Waals surface area contributed by atoms with Crippen molar-refractivity contribution in [3.63, 3.8) is 0 Å². The van der Waals surface area contributed by atoms with Gasteiger partial charge in [-0.05, 0) is 12.1 Å². The van der Waals surface area contributed by atoms with Crippen LogP contribution in [0, 0.1) is 10.1 Å². The fourth-order valence-electron chi connectivity index (χ4n) is 2.26. The fourth-order valence-corrected chi connectivity index (χ4v) is 2.49. The highest BCUT2D eigenvalue weighted by molar-refractivity contribution is 6.36. The van der Waals surface area contributed by atoms with Crippen LogP contribution in [0.3, 0.4) is 0 Å². The summed E-state index contributed by atoms with van der Waals surface area (Å²) in [5, 5.41) is 14.2. The lowest BCUT2D eigenvalue weighted by atomic mass is 10.00. The lowest BCUT2D eigenvalue weighted by Gasteiger charge is -2.11. The zero-order valence-corrected chi connectivity index (χ0v) is 12.0. The molecule has 1 N–H and O–H groups in total. The van der Waals surface area contributed by atoms with Crippen molar-refractivity contribution >= 4 is 34.6 Å². The highest BCUT2D eigenvalue weighted by atomic mass is 35.5. The number of non-ortho nitro benzene ring substituents is 1. The smallest absolute Gasteiger partial charge is 0.270 e. The van der Waals surface area contributed by atoms with Crippen LogP contribution in [0.4, 0.5) is 11.4 Å². The van der Waals surface area contributed by atoms with Gasteiger partial charge in [-0.25, -0.2) is 0 Å². The van der Waals surface area contributed by atoms with Crippen molar-refractivity contribution in [3.05, 3.63) is 68.7 Å². The first-order chi connectivity index (χ1) is 10.6. The van der Waals surface area contributed by atoms with Crippen LogP contribution in [0.5, 0.6) is 0 Å². The number of carbonyl (C=O) groups is 1. The molecule has 2 aromatic rings. The van der Waals surface area contributed by atoms with Gasteiger partial charge < -0.3 is 5.32 Å². The molecular weight excluding hydrogens is 308 g/mol. The first-order valence-electron chi connectivity index (χ1n) is 6.44. The minimum atomic E-state index is -0.489. The molecule has 1 amide bonds. The molecule has 0 atom stereocenters. The van der Waals surface area contributed by atoms with E-state index in [1.54, 1.807) is 24.3 Å². The molecule has 3 rings (SSSR count). The van der Waals surface area contributed by atoms with Gasteiger partial charge in [0, 0.05) is 29.7 Å². The van der Waals surface area contributed by atoms with E-state index in [0.717, 1.165) is 0 Å². The molecule has 0 fully saturated rings. The molecule has 0 saturated carbocycles. The number of benzodiazepines with no additional fused rings is 1. The van der Waals surface area contributed by atoms with E-state index in [-0.39, 0.29) is 19.6 Å². The van der Waals surface area contributed by atoms with Crippen molar-refractivity contribution in [1.29, 1.82) is 0 Å². The normalized spacial score (nSPS) is 13.7. The van der Waals surface area contributed by atoms with Crippen molar-refractivity contribution in [2.75, 3.05) is 11.9 Å². The Hall–Kier alpha value is -2.73. The summed E-state index contributed by atoms with van der Waals surface area (Å²) >= 11 is 6.20. The third kappa shape index (κ3) is 2.56. The Morgan fingerprint density at radius 1 is 1.23 bits per heavy atom. The number of amides is 1. The van der Waals surface area contributed by atoms with Crippen LogP contribution in [0.25, 0.3) is 0 Å². The lowest BCUT2D eigenvalue weighted by Crippen LogP contribution is -2.13. The molecule has 1 aliphatic rings. The van der Waals surface area contributed by atoms with Crippen LogP contribution in [0.15, 0.2) is 47.5 Å². The van der Waals surface area contributed by atoms with Crippen LogP contribution < -0.4 is 5.32 Å². The van der Waals surface area contributed by atoms with Crippen LogP contribution in [-0.2, 0) is 4.79 Å². The zero-order chi connectivity index (χ0) is 15.7. The van der Waals surface area contributed by atoms with Gasteiger partial charge in [-0.15, -0.1) is 0 Å². The van der Waals surface area contributed by atoms with Gasteiger partial charge in [-0.1, -0.05) is 29.8 Å². The number of carbonyl (C=O) groups excluding carboxylic acids is 1. The van der Waals surface area contributed by atoms with Gasteiger partial charge in [-0.3, -0.25) is 19.9 Å². The molecule has 1 aliphatic heterocycles. The fraction of sp³-hybridized carbons (Fsp3) is 0.0667. The largest absolute Gasteiger partial charge is 0.324 e. The van der Waals surface area contributed by atoms with E-state index in [1.807, 2.05) is 0 Å². The number of nitro benzene ring substituents is 1. The first-order valence-corrected chi connectivity index (χ1v) is 6.82. The number of rotatable bonds is 2. The van der Waals surface area contributed by atoms with Gasteiger partial charge in [0.2, 0.25) is 5.91 Å². The van der Waals surface area contributed by atoms with E-state index < -0.39 is 4.92 Å². The molecule has 0 saturated heterocycles. The van der Waals surface area contributed by atoms with Gasteiger partial charge >= 0.3 is 0 Å². The Morgan fingerprint density at radius 2 is 2.00 bits per heavy atom. The molecule has 0 bridgehead atoms. The van der Waals surface area contributed by atoms with Crippen LogP contribution in [-0.4, -0.2) is 23.1 Å². The van der Waals surface area contributed by atoms with Gasteiger partial charge in [-0.2, -0.15) is 0 Å². The molecule has 6 nitrogen and oxygen atoms in total. The number of anilines is 1. The Morgan fingerprint density at radius 3 is 2.73 bits per heavy atom. The average molecular weight is 320 g/mol.